The minimum Gasteiger partial charge on any atom is -0.225 e. The first-order valence-corrected chi connectivity index (χ1v) is 6.67. The quantitative estimate of drug-likeness (QED) is 0.826. The fraction of sp³-hybridized carbons (Fsp3) is 0.400. The summed E-state index contributed by atoms with van der Waals surface area (Å²) in [7, 11) is -3.59. The van der Waals surface area contributed by atoms with Crippen molar-refractivity contribution in [2.45, 2.75) is 30.0 Å². The van der Waals surface area contributed by atoms with Crippen molar-refractivity contribution in [2.24, 2.45) is 5.14 Å². The third-order valence-electron chi connectivity index (χ3n) is 2.15. The van der Waals surface area contributed by atoms with E-state index in [1.807, 2.05) is 6.92 Å². The molecule has 1 unspecified atom stereocenters. The first-order chi connectivity index (χ1) is 6.93. The van der Waals surface area contributed by atoms with Gasteiger partial charge in [0.15, 0.2) is 0 Å². The zero-order chi connectivity index (χ0) is 11.5. The molecule has 84 valence electrons. The van der Waals surface area contributed by atoms with Crippen LogP contribution in [-0.2, 0) is 16.4 Å². The number of alkyl halides is 1. The monoisotopic (exact) mass is 247 g/mol. The third-order valence-corrected chi connectivity index (χ3v) is 3.54. The molecule has 0 aliphatic rings. The molecule has 0 bridgehead atoms. The van der Waals surface area contributed by atoms with E-state index < -0.39 is 10.0 Å². The highest BCUT2D eigenvalue weighted by Gasteiger charge is 2.08. The van der Waals surface area contributed by atoms with Gasteiger partial charge < -0.3 is 0 Å². The second kappa shape index (κ2) is 4.96. The number of sulfonamides is 1. The molecule has 5 heteroatoms. The Bertz CT molecular complexity index is 414. The molecule has 2 N–H and O–H groups in total. The zero-order valence-electron chi connectivity index (χ0n) is 8.48. The van der Waals surface area contributed by atoms with Gasteiger partial charge in [-0.05, 0) is 30.5 Å². The second-order valence-electron chi connectivity index (χ2n) is 3.40. The van der Waals surface area contributed by atoms with Crippen LogP contribution in [0, 0.1) is 0 Å². The Labute approximate surface area is 95.3 Å². The lowest BCUT2D eigenvalue weighted by atomic mass is 10.1. The summed E-state index contributed by atoms with van der Waals surface area (Å²) >= 11 is 5.99. The van der Waals surface area contributed by atoms with E-state index in [1.165, 1.54) is 12.1 Å². The average Bonchev–Trinajstić information content (AvgIpc) is 2.17. The van der Waals surface area contributed by atoms with Crippen LogP contribution in [0.1, 0.15) is 18.9 Å². The summed E-state index contributed by atoms with van der Waals surface area (Å²) < 4.78 is 21.9. The Hall–Kier alpha value is -0.580. The molecule has 0 radical (unpaired) electrons. The molecule has 1 aromatic rings. The largest absolute Gasteiger partial charge is 0.238 e. The van der Waals surface area contributed by atoms with Crippen LogP contribution in [0.3, 0.4) is 0 Å². The standard InChI is InChI=1S/C10H14ClNO2S/c1-2-9(11)7-8-3-5-10(6-4-8)15(12,13)14/h3-6,9H,2,7H2,1H3,(H2,12,13,14). The second-order valence-corrected chi connectivity index (χ2v) is 5.58. The minimum atomic E-state index is -3.59. The molecular formula is C10H14ClNO2S. The summed E-state index contributed by atoms with van der Waals surface area (Å²) in [4.78, 5) is 0.133. The molecule has 0 amide bonds. The molecule has 0 aliphatic carbocycles. The highest BCUT2D eigenvalue weighted by Crippen LogP contribution is 2.13. The Morgan fingerprint density at radius 1 is 1.33 bits per heavy atom. The summed E-state index contributed by atoms with van der Waals surface area (Å²) in [6.07, 6.45) is 1.63. The number of rotatable bonds is 4. The van der Waals surface area contributed by atoms with Gasteiger partial charge in [-0.2, -0.15) is 0 Å². The number of hydrogen-bond donors (Lipinski definition) is 1. The van der Waals surface area contributed by atoms with E-state index in [0.717, 1.165) is 18.4 Å². The SMILES string of the molecule is CCC(Cl)Cc1ccc(S(N)(=O)=O)cc1. The van der Waals surface area contributed by atoms with Crippen LogP contribution in [-0.4, -0.2) is 13.8 Å². The number of nitrogens with two attached hydrogens (primary N) is 1. The van der Waals surface area contributed by atoms with Gasteiger partial charge in [-0.15, -0.1) is 11.6 Å². The zero-order valence-corrected chi connectivity index (χ0v) is 10.1. The maximum atomic E-state index is 11.0. The summed E-state index contributed by atoms with van der Waals surface area (Å²) in [6.45, 7) is 2.01. The normalized spacial score (nSPS) is 13.8. The minimum absolute atomic E-state index is 0.0883. The molecule has 1 aromatic carbocycles. The van der Waals surface area contributed by atoms with Crippen molar-refractivity contribution in [3.05, 3.63) is 29.8 Å². The van der Waals surface area contributed by atoms with E-state index in [1.54, 1.807) is 12.1 Å². The summed E-state index contributed by atoms with van der Waals surface area (Å²) in [6, 6.07) is 6.49. The van der Waals surface area contributed by atoms with E-state index in [-0.39, 0.29) is 10.3 Å². The molecule has 1 atom stereocenters. The van der Waals surface area contributed by atoms with Crippen LogP contribution in [0.5, 0.6) is 0 Å². The molecule has 0 saturated heterocycles. The van der Waals surface area contributed by atoms with Crippen molar-refractivity contribution in [3.63, 3.8) is 0 Å². The lowest BCUT2D eigenvalue weighted by Crippen LogP contribution is -2.12. The summed E-state index contributed by atoms with van der Waals surface area (Å²) in [5.41, 5.74) is 1.02. The first kappa shape index (κ1) is 12.5. The van der Waals surface area contributed by atoms with Gasteiger partial charge >= 0.3 is 0 Å². The molecule has 1 rings (SSSR count). The molecule has 0 aliphatic heterocycles. The Morgan fingerprint density at radius 2 is 1.87 bits per heavy atom. The van der Waals surface area contributed by atoms with E-state index >= 15 is 0 Å². The van der Waals surface area contributed by atoms with Crippen molar-refractivity contribution in [1.82, 2.24) is 0 Å². The summed E-state index contributed by atoms with van der Waals surface area (Å²) in [5, 5.41) is 5.07. The number of benzene rings is 1. The van der Waals surface area contributed by atoms with E-state index in [2.05, 4.69) is 0 Å². The van der Waals surface area contributed by atoms with Gasteiger partial charge in [-0.25, -0.2) is 13.6 Å². The van der Waals surface area contributed by atoms with Crippen LogP contribution in [0.2, 0.25) is 0 Å². The van der Waals surface area contributed by atoms with Crippen LogP contribution >= 0.6 is 11.6 Å². The molecule has 3 nitrogen and oxygen atoms in total. The summed E-state index contributed by atoms with van der Waals surface area (Å²) in [5.74, 6) is 0. The van der Waals surface area contributed by atoms with Crippen molar-refractivity contribution in [2.75, 3.05) is 0 Å². The van der Waals surface area contributed by atoms with Crippen LogP contribution < -0.4 is 5.14 Å². The molecule has 0 aromatic heterocycles. The highest BCUT2D eigenvalue weighted by atomic mass is 35.5. The molecule has 15 heavy (non-hydrogen) atoms. The van der Waals surface area contributed by atoms with Gasteiger partial charge in [0, 0.05) is 5.38 Å². The van der Waals surface area contributed by atoms with Gasteiger partial charge in [0.2, 0.25) is 10.0 Å². The third kappa shape index (κ3) is 3.81. The van der Waals surface area contributed by atoms with Crippen molar-refractivity contribution >= 4 is 21.6 Å². The van der Waals surface area contributed by atoms with E-state index in [9.17, 15) is 8.42 Å². The predicted octanol–water partition coefficient (Wildman–Crippen LogP) is 1.89. The van der Waals surface area contributed by atoms with Crippen molar-refractivity contribution in [3.8, 4) is 0 Å². The molecule has 0 heterocycles. The van der Waals surface area contributed by atoms with E-state index in [4.69, 9.17) is 16.7 Å². The lowest BCUT2D eigenvalue weighted by Gasteiger charge is -2.06. The molecular weight excluding hydrogens is 234 g/mol. The Kier molecular flexibility index (Phi) is 4.13. The van der Waals surface area contributed by atoms with Crippen LogP contribution in [0.25, 0.3) is 0 Å². The van der Waals surface area contributed by atoms with Gasteiger partial charge in [0.1, 0.15) is 0 Å². The molecule has 0 saturated carbocycles. The van der Waals surface area contributed by atoms with Gasteiger partial charge in [0.05, 0.1) is 4.90 Å². The number of hydrogen-bond acceptors (Lipinski definition) is 2. The average molecular weight is 248 g/mol. The molecule has 0 fully saturated rings. The van der Waals surface area contributed by atoms with E-state index in [0.29, 0.717) is 0 Å². The van der Waals surface area contributed by atoms with Crippen LogP contribution in [0.4, 0.5) is 0 Å². The lowest BCUT2D eigenvalue weighted by molar-refractivity contribution is 0.598. The highest BCUT2D eigenvalue weighted by molar-refractivity contribution is 7.89. The van der Waals surface area contributed by atoms with Gasteiger partial charge in [-0.3, -0.25) is 0 Å². The van der Waals surface area contributed by atoms with Crippen molar-refractivity contribution < 1.29 is 8.42 Å². The Morgan fingerprint density at radius 3 is 2.27 bits per heavy atom. The first-order valence-electron chi connectivity index (χ1n) is 4.69. The van der Waals surface area contributed by atoms with Crippen molar-refractivity contribution in [1.29, 1.82) is 0 Å². The molecule has 0 spiro atoms. The topological polar surface area (TPSA) is 60.2 Å². The van der Waals surface area contributed by atoms with Gasteiger partial charge in [0.25, 0.3) is 0 Å². The fourth-order valence-corrected chi connectivity index (χ4v) is 1.91. The number of halogens is 1. The fourth-order valence-electron chi connectivity index (χ4n) is 1.22. The van der Waals surface area contributed by atoms with Gasteiger partial charge in [-0.1, -0.05) is 19.1 Å². The smallest absolute Gasteiger partial charge is 0.225 e. The Balaban J connectivity index is 2.82. The predicted molar refractivity (Wildman–Crippen MR) is 61.5 cm³/mol. The maximum Gasteiger partial charge on any atom is 0.238 e. The maximum absolute atomic E-state index is 11.0. The number of primary sulfonamides is 1. The van der Waals surface area contributed by atoms with Crippen LogP contribution in [0.15, 0.2) is 29.2 Å².